The van der Waals surface area contributed by atoms with Crippen LogP contribution in [0.3, 0.4) is 0 Å². The van der Waals surface area contributed by atoms with E-state index in [0.29, 0.717) is 6.04 Å². The summed E-state index contributed by atoms with van der Waals surface area (Å²) in [6.45, 7) is 9.29. The van der Waals surface area contributed by atoms with E-state index in [-0.39, 0.29) is 6.17 Å². The van der Waals surface area contributed by atoms with E-state index in [4.69, 9.17) is 10.7 Å². The van der Waals surface area contributed by atoms with Gasteiger partial charge in [0, 0.05) is 43.3 Å². The second-order valence-electron chi connectivity index (χ2n) is 7.68. The van der Waals surface area contributed by atoms with Crippen LogP contribution in [0, 0.1) is 0 Å². The lowest BCUT2D eigenvalue weighted by atomic mass is 10.1. The van der Waals surface area contributed by atoms with Gasteiger partial charge in [-0.3, -0.25) is 9.89 Å². The molecule has 28 heavy (non-hydrogen) atoms. The minimum atomic E-state index is 0.170. The summed E-state index contributed by atoms with van der Waals surface area (Å²) in [6, 6.07) is 0.420. The lowest BCUT2D eigenvalue weighted by Crippen LogP contribution is -2.41. The second-order valence-corrected chi connectivity index (χ2v) is 7.68. The lowest BCUT2D eigenvalue weighted by Gasteiger charge is -2.32. The molecule has 156 valence electrons. The number of unbranched alkanes of at least 4 members (excludes halogenated alkanes) is 2. The van der Waals surface area contributed by atoms with Gasteiger partial charge in [-0.1, -0.05) is 36.5 Å². The molecule has 0 fully saturated rings. The highest BCUT2D eigenvalue weighted by Crippen LogP contribution is 2.17. The molecule has 0 saturated carbocycles. The van der Waals surface area contributed by atoms with E-state index in [9.17, 15) is 0 Å². The van der Waals surface area contributed by atoms with E-state index in [1.54, 1.807) is 0 Å². The Bertz CT molecular complexity index is 633. The molecule has 0 bridgehead atoms. The molecule has 1 rings (SSSR count). The topological polar surface area (TPSA) is 44.9 Å². The lowest BCUT2D eigenvalue weighted by molar-refractivity contribution is 0.209. The molecule has 4 nitrogen and oxygen atoms in total. The highest BCUT2D eigenvalue weighted by atomic mass is 15.3. The largest absolute Gasteiger partial charge is 0.403 e. The molecule has 0 aliphatic carbocycles. The smallest absolute Gasteiger partial charge is 0.133 e. The van der Waals surface area contributed by atoms with Crippen molar-refractivity contribution in [2.45, 2.75) is 65.6 Å². The number of hydrogen-bond donors (Lipinski definition) is 1. The molecular weight excluding hydrogens is 344 g/mol. The molecule has 2 atom stereocenters. The van der Waals surface area contributed by atoms with Crippen LogP contribution in [0.4, 0.5) is 0 Å². The highest BCUT2D eigenvalue weighted by Gasteiger charge is 2.19. The van der Waals surface area contributed by atoms with Gasteiger partial charge in [0.2, 0.25) is 0 Å². The summed E-state index contributed by atoms with van der Waals surface area (Å²) in [7, 11) is 4.27. The van der Waals surface area contributed by atoms with Crippen molar-refractivity contribution >= 4 is 6.21 Å². The first-order chi connectivity index (χ1) is 13.3. The Hall–Kier alpha value is -2.07. The summed E-state index contributed by atoms with van der Waals surface area (Å²) < 4.78 is 0. The molecule has 2 N–H and O–H groups in total. The van der Waals surface area contributed by atoms with Gasteiger partial charge in [0.05, 0.1) is 0 Å². The van der Waals surface area contributed by atoms with Crippen molar-refractivity contribution in [3.63, 3.8) is 0 Å². The Morgan fingerprint density at radius 2 is 1.86 bits per heavy atom. The molecule has 0 saturated heterocycles. The summed E-state index contributed by atoms with van der Waals surface area (Å²) in [5.41, 5.74) is 9.03. The fraction of sp³-hybridized carbons (Fsp3) is 0.542. The highest BCUT2D eigenvalue weighted by molar-refractivity contribution is 5.85. The SMILES string of the molecule is C/C=C\C(C)N(C)CC1N=CC(/C(C)=C/CCC=CCC/C=C(\C)N)=CN1C. The summed E-state index contributed by atoms with van der Waals surface area (Å²) in [5.74, 6) is 0. The van der Waals surface area contributed by atoms with Gasteiger partial charge in [0.25, 0.3) is 0 Å². The Labute approximate surface area is 172 Å². The molecule has 4 heteroatoms. The van der Waals surface area contributed by atoms with E-state index in [2.05, 4.69) is 87.3 Å². The van der Waals surface area contributed by atoms with Crippen LogP contribution in [0.15, 0.2) is 64.5 Å². The Morgan fingerprint density at radius 1 is 1.21 bits per heavy atom. The predicted molar refractivity (Wildman–Crippen MR) is 124 cm³/mol. The Morgan fingerprint density at radius 3 is 2.43 bits per heavy atom. The van der Waals surface area contributed by atoms with Crippen molar-refractivity contribution in [3.8, 4) is 0 Å². The number of likely N-dealkylation sites (N-methyl/N-ethyl adjacent to an activating group) is 2. The fourth-order valence-electron chi connectivity index (χ4n) is 3.00. The van der Waals surface area contributed by atoms with Crippen molar-refractivity contribution in [1.82, 2.24) is 9.80 Å². The van der Waals surface area contributed by atoms with Crippen LogP contribution >= 0.6 is 0 Å². The molecule has 1 aliphatic heterocycles. The fourth-order valence-corrected chi connectivity index (χ4v) is 3.00. The quantitative estimate of drug-likeness (QED) is 0.401. The first-order valence-electron chi connectivity index (χ1n) is 10.4. The van der Waals surface area contributed by atoms with Gasteiger partial charge >= 0.3 is 0 Å². The normalized spacial score (nSPS) is 19.9. The third kappa shape index (κ3) is 9.23. The maximum Gasteiger partial charge on any atom is 0.133 e. The summed E-state index contributed by atoms with van der Waals surface area (Å²) in [6.07, 6.45) is 21.8. The van der Waals surface area contributed by atoms with E-state index < -0.39 is 0 Å². The van der Waals surface area contributed by atoms with Gasteiger partial charge in [-0.25, -0.2) is 0 Å². The van der Waals surface area contributed by atoms with E-state index in [1.165, 1.54) is 11.1 Å². The van der Waals surface area contributed by atoms with Crippen molar-refractivity contribution < 1.29 is 0 Å². The van der Waals surface area contributed by atoms with Gasteiger partial charge < -0.3 is 10.6 Å². The predicted octanol–water partition coefficient (Wildman–Crippen LogP) is 5.03. The van der Waals surface area contributed by atoms with Crippen molar-refractivity contribution in [3.05, 3.63) is 59.5 Å². The van der Waals surface area contributed by atoms with Crippen molar-refractivity contribution in [2.75, 3.05) is 20.6 Å². The van der Waals surface area contributed by atoms with Gasteiger partial charge in [-0.05, 0) is 66.0 Å². The number of nitrogens with zero attached hydrogens (tertiary/aromatic N) is 3. The van der Waals surface area contributed by atoms with E-state index in [0.717, 1.165) is 37.9 Å². The molecule has 1 aliphatic rings. The van der Waals surface area contributed by atoms with Crippen LogP contribution in [0.2, 0.25) is 0 Å². The molecule has 0 aromatic heterocycles. The number of allylic oxidation sites excluding steroid dienone is 8. The van der Waals surface area contributed by atoms with Gasteiger partial charge in [0.15, 0.2) is 0 Å². The van der Waals surface area contributed by atoms with E-state index >= 15 is 0 Å². The van der Waals surface area contributed by atoms with Crippen LogP contribution in [0.5, 0.6) is 0 Å². The van der Waals surface area contributed by atoms with Gasteiger partial charge in [0.1, 0.15) is 6.17 Å². The summed E-state index contributed by atoms with van der Waals surface area (Å²) in [4.78, 5) is 9.34. The van der Waals surface area contributed by atoms with Crippen LogP contribution in [0.25, 0.3) is 0 Å². The van der Waals surface area contributed by atoms with Crippen LogP contribution < -0.4 is 5.73 Å². The zero-order valence-corrected chi connectivity index (χ0v) is 18.7. The molecule has 0 aromatic carbocycles. The van der Waals surface area contributed by atoms with Gasteiger partial charge in [-0.15, -0.1) is 0 Å². The monoisotopic (exact) mass is 384 g/mol. The van der Waals surface area contributed by atoms with Crippen molar-refractivity contribution in [1.29, 1.82) is 0 Å². The standard InChI is InChI=1S/C24H40N4/c1-7-14-22(4)27(5)19-24-26-17-23(18-28(24)6)20(2)15-12-10-8-9-11-13-16-21(3)25/h7-9,14-18,22,24H,10-13,19,25H2,1-6H3/b9-8?,14-7-,20-15+,21-16+. The minimum absolute atomic E-state index is 0.170. The molecule has 2 unspecified atom stereocenters. The molecule has 1 heterocycles. The Kier molecular flexibility index (Phi) is 11.3. The van der Waals surface area contributed by atoms with Crippen LogP contribution in [-0.4, -0.2) is 48.9 Å². The minimum Gasteiger partial charge on any atom is -0.403 e. The second kappa shape index (κ2) is 13.2. The summed E-state index contributed by atoms with van der Waals surface area (Å²) in [5, 5.41) is 0. The number of hydrogen-bond acceptors (Lipinski definition) is 4. The van der Waals surface area contributed by atoms with Crippen LogP contribution in [0.1, 0.15) is 53.4 Å². The summed E-state index contributed by atoms with van der Waals surface area (Å²) >= 11 is 0. The maximum absolute atomic E-state index is 5.63. The van der Waals surface area contributed by atoms with Crippen LogP contribution in [-0.2, 0) is 0 Å². The molecule has 0 radical (unpaired) electrons. The number of nitrogens with two attached hydrogens (primary N) is 1. The molecule has 0 amide bonds. The zero-order chi connectivity index (χ0) is 20.9. The van der Waals surface area contributed by atoms with Crippen molar-refractivity contribution in [2.24, 2.45) is 10.7 Å². The van der Waals surface area contributed by atoms with E-state index in [1.807, 2.05) is 13.1 Å². The maximum atomic E-state index is 5.63. The molecule has 0 spiro atoms. The average molecular weight is 385 g/mol. The first kappa shape index (κ1) is 24.0. The molecule has 0 aromatic rings. The number of aliphatic imine (C=N–C) groups is 1. The zero-order valence-electron chi connectivity index (χ0n) is 18.7. The average Bonchev–Trinajstić information content (AvgIpc) is 2.65. The number of rotatable bonds is 11. The van der Waals surface area contributed by atoms with Gasteiger partial charge in [-0.2, -0.15) is 0 Å². The third-order valence-electron chi connectivity index (χ3n) is 5.02. The first-order valence-corrected chi connectivity index (χ1v) is 10.4. The third-order valence-corrected chi connectivity index (χ3v) is 5.02. The Balaban J connectivity index is 2.45. The molecular formula is C24H40N4.